The van der Waals surface area contributed by atoms with Gasteiger partial charge in [-0.1, -0.05) is 12.1 Å². The van der Waals surface area contributed by atoms with E-state index in [1.807, 2.05) is 18.3 Å². The Bertz CT molecular complexity index is 712. The Labute approximate surface area is 115 Å². The van der Waals surface area contributed by atoms with Crippen molar-refractivity contribution >= 4 is 11.7 Å². The summed E-state index contributed by atoms with van der Waals surface area (Å²) in [6, 6.07) is 9.10. The summed E-state index contributed by atoms with van der Waals surface area (Å²) in [5.74, 6) is 0.501. The SMILES string of the molecule is Cn1nccc1NC(=O)c1ccc(-c2cn[nH]c2)cc1. The molecule has 0 unspecified atom stereocenters. The number of hydrogen-bond donors (Lipinski definition) is 2. The van der Waals surface area contributed by atoms with E-state index in [9.17, 15) is 4.79 Å². The Kier molecular flexibility index (Phi) is 3.04. The van der Waals surface area contributed by atoms with Crippen LogP contribution in [0.1, 0.15) is 10.4 Å². The predicted molar refractivity (Wildman–Crippen MR) is 75.2 cm³/mol. The molecule has 0 atom stereocenters. The lowest BCUT2D eigenvalue weighted by Gasteiger charge is -2.05. The van der Waals surface area contributed by atoms with Crippen molar-refractivity contribution in [3.05, 3.63) is 54.5 Å². The number of H-pyrrole nitrogens is 1. The van der Waals surface area contributed by atoms with Gasteiger partial charge < -0.3 is 5.32 Å². The molecule has 3 aromatic rings. The van der Waals surface area contributed by atoms with Crippen molar-refractivity contribution in [2.45, 2.75) is 0 Å². The minimum absolute atomic E-state index is 0.160. The quantitative estimate of drug-likeness (QED) is 0.762. The van der Waals surface area contributed by atoms with Gasteiger partial charge in [0.25, 0.3) is 5.91 Å². The van der Waals surface area contributed by atoms with Crippen LogP contribution in [-0.2, 0) is 7.05 Å². The number of hydrogen-bond acceptors (Lipinski definition) is 3. The summed E-state index contributed by atoms with van der Waals surface area (Å²) in [5.41, 5.74) is 2.60. The highest BCUT2D eigenvalue weighted by molar-refractivity contribution is 6.04. The van der Waals surface area contributed by atoms with Crippen LogP contribution in [0.15, 0.2) is 48.9 Å². The van der Waals surface area contributed by atoms with Gasteiger partial charge in [-0.25, -0.2) is 0 Å². The molecule has 6 heteroatoms. The van der Waals surface area contributed by atoms with E-state index in [4.69, 9.17) is 0 Å². The number of nitrogens with one attached hydrogen (secondary N) is 2. The van der Waals surface area contributed by atoms with Crippen molar-refractivity contribution in [2.24, 2.45) is 7.05 Å². The summed E-state index contributed by atoms with van der Waals surface area (Å²) >= 11 is 0. The highest BCUT2D eigenvalue weighted by Gasteiger charge is 2.08. The van der Waals surface area contributed by atoms with Crippen molar-refractivity contribution in [2.75, 3.05) is 5.32 Å². The van der Waals surface area contributed by atoms with Gasteiger partial charge in [-0.05, 0) is 17.7 Å². The third-order valence-corrected chi connectivity index (χ3v) is 3.04. The maximum atomic E-state index is 12.1. The van der Waals surface area contributed by atoms with Crippen LogP contribution in [0.25, 0.3) is 11.1 Å². The van der Waals surface area contributed by atoms with Gasteiger partial charge in [0.15, 0.2) is 0 Å². The molecule has 3 rings (SSSR count). The fraction of sp³-hybridized carbons (Fsp3) is 0.0714. The first-order valence-electron chi connectivity index (χ1n) is 6.12. The molecule has 6 nitrogen and oxygen atoms in total. The van der Waals surface area contributed by atoms with Gasteiger partial charge in [-0.3, -0.25) is 14.6 Å². The van der Waals surface area contributed by atoms with Crippen molar-refractivity contribution in [3.8, 4) is 11.1 Å². The molecule has 0 saturated heterocycles. The van der Waals surface area contributed by atoms with Crippen LogP contribution in [0, 0.1) is 0 Å². The number of carbonyl (C=O) groups excluding carboxylic acids is 1. The number of amides is 1. The first kappa shape index (κ1) is 12.2. The summed E-state index contributed by atoms with van der Waals surface area (Å²) in [4.78, 5) is 12.1. The molecule has 0 radical (unpaired) electrons. The number of aryl methyl sites for hydroxylation is 1. The van der Waals surface area contributed by atoms with Crippen molar-refractivity contribution < 1.29 is 4.79 Å². The van der Waals surface area contributed by atoms with Crippen LogP contribution in [0.5, 0.6) is 0 Å². The van der Waals surface area contributed by atoms with Gasteiger partial charge in [-0.15, -0.1) is 0 Å². The van der Waals surface area contributed by atoms with Gasteiger partial charge in [0.1, 0.15) is 5.82 Å². The first-order valence-corrected chi connectivity index (χ1v) is 6.12. The van der Waals surface area contributed by atoms with E-state index in [-0.39, 0.29) is 5.91 Å². The summed E-state index contributed by atoms with van der Waals surface area (Å²) < 4.78 is 1.61. The molecule has 0 spiro atoms. The molecule has 1 aromatic carbocycles. The van der Waals surface area contributed by atoms with E-state index < -0.39 is 0 Å². The average Bonchev–Trinajstić information content (AvgIpc) is 3.12. The van der Waals surface area contributed by atoms with E-state index in [0.717, 1.165) is 11.1 Å². The summed E-state index contributed by atoms with van der Waals surface area (Å²) in [5, 5.41) is 13.5. The number of aromatic nitrogens is 4. The van der Waals surface area contributed by atoms with Crippen LogP contribution in [0.2, 0.25) is 0 Å². The highest BCUT2D eigenvalue weighted by atomic mass is 16.1. The lowest BCUT2D eigenvalue weighted by atomic mass is 10.1. The third-order valence-electron chi connectivity index (χ3n) is 3.04. The number of carbonyl (C=O) groups is 1. The monoisotopic (exact) mass is 267 g/mol. The molecule has 2 heterocycles. The van der Waals surface area contributed by atoms with Crippen molar-refractivity contribution in [1.29, 1.82) is 0 Å². The second-order valence-corrected chi connectivity index (χ2v) is 4.36. The average molecular weight is 267 g/mol. The van der Waals surface area contributed by atoms with E-state index in [0.29, 0.717) is 11.4 Å². The summed E-state index contributed by atoms with van der Waals surface area (Å²) in [7, 11) is 1.78. The summed E-state index contributed by atoms with van der Waals surface area (Å²) in [6.45, 7) is 0. The fourth-order valence-electron chi connectivity index (χ4n) is 1.91. The molecule has 1 amide bonds. The Morgan fingerprint density at radius 2 is 2.00 bits per heavy atom. The highest BCUT2D eigenvalue weighted by Crippen LogP contribution is 2.18. The lowest BCUT2D eigenvalue weighted by Crippen LogP contribution is -2.14. The minimum atomic E-state index is -0.160. The Hall–Kier alpha value is -2.89. The third kappa shape index (κ3) is 2.31. The van der Waals surface area contributed by atoms with Crippen LogP contribution >= 0.6 is 0 Å². The molecule has 0 bridgehead atoms. The predicted octanol–water partition coefficient (Wildman–Crippen LogP) is 2.06. The molecule has 0 aliphatic carbocycles. The van der Waals surface area contributed by atoms with Crippen molar-refractivity contribution in [3.63, 3.8) is 0 Å². The molecular formula is C14H13N5O. The van der Waals surface area contributed by atoms with Crippen LogP contribution in [-0.4, -0.2) is 25.9 Å². The van der Waals surface area contributed by atoms with E-state index >= 15 is 0 Å². The minimum Gasteiger partial charge on any atom is -0.307 e. The van der Waals surface area contributed by atoms with Crippen LogP contribution < -0.4 is 5.32 Å². The van der Waals surface area contributed by atoms with E-state index in [1.165, 1.54) is 0 Å². The molecule has 2 N–H and O–H groups in total. The normalized spacial score (nSPS) is 10.4. The Balaban J connectivity index is 1.78. The second kappa shape index (κ2) is 5.00. The number of anilines is 1. The molecule has 0 aliphatic rings. The fourth-order valence-corrected chi connectivity index (χ4v) is 1.91. The molecule has 0 aliphatic heterocycles. The molecular weight excluding hydrogens is 254 g/mol. The number of benzene rings is 1. The van der Waals surface area contributed by atoms with Gasteiger partial charge in [-0.2, -0.15) is 10.2 Å². The summed E-state index contributed by atoms with van der Waals surface area (Å²) in [6.07, 6.45) is 5.19. The van der Waals surface area contributed by atoms with Crippen LogP contribution in [0.3, 0.4) is 0 Å². The van der Waals surface area contributed by atoms with E-state index in [1.54, 1.807) is 42.3 Å². The largest absolute Gasteiger partial charge is 0.307 e. The number of nitrogens with zero attached hydrogens (tertiary/aromatic N) is 3. The maximum absolute atomic E-state index is 12.1. The van der Waals surface area contributed by atoms with Crippen LogP contribution in [0.4, 0.5) is 5.82 Å². The number of aromatic amines is 1. The number of rotatable bonds is 3. The molecule has 2 aromatic heterocycles. The molecule has 20 heavy (non-hydrogen) atoms. The van der Waals surface area contributed by atoms with Gasteiger partial charge in [0.2, 0.25) is 0 Å². The first-order chi connectivity index (χ1) is 9.74. The Morgan fingerprint density at radius 3 is 2.60 bits per heavy atom. The molecule has 0 fully saturated rings. The zero-order valence-corrected chi connectivity index (χ0v) is 10.9. The van der Waals surface area contributed by atoms with Gasteiger partial charge in [0.05, 0.1) is 12.4 Å². The zero-order valence-electron chi connectivity index (χ0n) is 10.9. The Morgan fingerprint density at radius 1 is 1.20 bits per heavy atom. The maximum Gasteiger partial charge on any atom is 0.256 e. The van der Waals surface area contributed by atoms with Crippen molar-refractivity contribution in [1.82, 2.24) is 20.0 Å². The van der Waals surface area contributed by atoms with E-state index in [2.05, 4.69) is 20.6 Å². The van der Waals surface area contributed by atoms with Gasteiger partial charge >= 0.3 is 0 Å². The second-order valence-electron chi connectivity index (χ2n) is 4.36. The lowest BCUT2D eigenvalue weighted by molar-refractivity contribution is 0.102. The standard InChI is InChI=1S/C14H13N5O/c1-19-13(6-7-17-19)18-14(20)11-4-2-10(3-5-11)12-8-15-16-9-12/h2-9H,1H3,(H,15,16)(H,18,20). The molecule has 0 saturated carbocycles. The van der Waals surface area contributed by atoms with Gasteiger partial charge in [0, 0.05) is 30.4 Å². The zero-order chi connectivity index (χ0) is 13.9. The smallest absolute Gasteiger partial charge is 0.256 e. The topological polar surface area (TPSA) is 75.6 Å². The molecule has 100 valence electrons.